The first kappa shape index (κ1) is 11.5. The molecule has 0 amide bonds. The molecule has 1 aliphatic heterocycles. The minimum Gasteiger partial charge on any atom is -0.396 e. The molecule has 1 N–H and O–H groups in total. The quantitative estimate of drug-likeness (QED) is 0.804. The Morgan fingerprint density at radius 1 is 1.56 bits per heavy atom. The lowest BCUT2D eigenvalue weighted by Crippen LogP contribution is -2.21. The van der Waals surface area contributed by atoms with Crippen molar-refractivity contribution in [3.63, 3.8) is 0 Å². The molecule has 0 bridgehead atoms. The fraction of sp³-hybridized carbons (Fsp3) is 0.818. The summed E-state index contributed by atoms with van der Waals surface area (Å²) in [4.78, 5) is 6.62. The average molecular weight is 225 g/mol. The van der Waals surface area contributed by atoms with Gasteiger partial charge in [0.2, 0.25) is 5.89 Å². The van der Waals surface area contributed by atoms with Crippen LogP contribution in [0.15, 0.2) is 4.52 Å². The number of hydrogen-bond acceptors (Lipinski definition) is 5. The van der Waals surface area contributed by atoms with Crippen molar-refractivity contribution in [1.82, 2.24) is 15.0 Å². The summed E-state index contributed by atoms with van der Waals surface area (Å²) in [7, 11) is 0. The van der Waals surface area contributed by atoms with Gasteiger partial charge in [-0.2, -0.15) is 4.98 Å². The predicted octanol–water partition coefficient (Wildman–Crippen LogP) is 0.836. The number of likely N-dealkylation sites (tertiary alicyclic amines) is 1. The summed E-state index contributed by atoms with van der Waals surface area (Å²) in [5.41, 5.74) is 0. The molecule has 90 valence electrons. The number of rotatable bonds is 5. The van der Waals surface area contributed by atoms with Gasteiger partial charge < -0.3 is 9.63 Å². The van der Waals surface area contributed by atoms with Crippen molar-refractivity contribution in [2.24, 2.45) is 5.92 Å². The second-order valence-corrected chi connectivity index (χ2v) is 4.36. The third-order valence-corrected chi connectivity index (χ3v) is 3.08. The fourth-order valence-electron chi connectivity index (χ4n) is 2.17. The smallest absolute Gasteiger partial charge is 0.226 e. The van der Waals surface area contributed by atoms with Crippen molar-refractivity contribution >= 4 is 0 Å². The highest BCUT2D eigenvalue weighted by molar-refractivity contribution is 4.88. The number of aliphatic hydroxyl groups is 1. The van der Waals surface area contributed by atoms with E-state index >= 15 is 0 Å². The van der Waals surface area contributed by atoms with E-state index in [0.717, 1.165) is 38.3 Å². The van der Waals surface area contributed by atoms with Crippen molar-refractivity contribution < 1.29 is 9.63 Å². The summed E-state index contributed by atoms with van der Waals surface area (Å²) in [5, 5.41) is 12.8. The van der Waals surface area contributed by atoms with E-state index < -0.39 is 0 Å². The predicted molar refractivity (Wildman–Crippen MR) is 58.8 cm³/mol. The topological polar surface area (TPSA) is 62.4 Å². The van der Waals surface area contributed by atoms with Gasteiger partial charge in [-0.3, -0.25) is 4.90 Å². The lowest BCUT2D eigenvalue weighted by atomic mass is 10.1. The van der Waals surface area contributed by atoms with Gasteiger partial charge in [-0.1, -0.05) is 12.1 Å². The molecule has 1 unspecified atom stereocenters. The molecule has 2 heterocycles. The first-order chi connectivity index (χ1) is 7.81. The SMILES string of the molecule is CCc1nc(CN2CCC(CCO)C2)no1. The van der Waals surface area contributed by atoms with E-state index in [1.807, 2.05) is 6.92 Å². The molecule has 1 fully saturated rings. The Labute approximate surface area is 95.4 Å². The summed E-state index contributed by atoms with van der Waals surface area (Å²) < 4.78 is 5.07. The molecule has 0 aromatic carbocycles. The highest BCUT2D eigenvalue weighted by atomic mass is 16.5. The molecule has 0 aliphatic carbocycles. The second kappa shape index (κ2) is 5.41. The van der Waals surface area contributed by atoms with Gasteiger partial charge in [0, 0.05) is 19.6 Å². The van der Waals surface area contributed by atoms with Crippen LogP contribution in [-0.4, -0.2) is 39.8 Å². The number of aromatic nitrogens is 2. The van der Waals surface area contributed by atoms with Crippen LogP contribution in [0.5, 0.6) is 0 Å². The van der Waals surface area contributed by atoms with Crippen LogP contribution >= 0.6 is 0 Å². The highest BCUT2D eigenvalue weighted by Gasteiger charge is 2.23. The summed E-state index contributed by atoms with van der Waals surface area (Å²) in [6, 6.07) is 0. The van der Waals surface area contributed by atoms with Crippen LogP contribution in [0.3, 0.4) is 0 Å². The third kappa shape index (κ3) is 2.80. The first-order valence-corrected chi connectivity index (χ1v) is 5.96. The Kier molecular flexibility index (Phi) is 3.90. The molecule has 1 atom stereocenters. The van der Waals surface area contributed by atoms with Crippen LogP contribution in [-0.2, 0) is 13.0 Å². The van der Waals surface area contributed by atoms with E-state index in [0.29, 0.717) is 18.4 Å². The second-order valence-electron chi connectivity index (χ2n) is 4.36. The third-order valence-electron chi connectivity index (χ3n) is 3.08. The highest BCUT2D eigenvalue weighted by Crippen LogP contribution is 2.20. The standard InChI is InChI=1S/C11H19N3O2/c1-2-11-12-10(13-16-11)8-14-5-3-9(7-14)4-6-15/h9,15H,2-8H2,1H3. The van der Waals surface area contributed by atoms with Crippen molar-refractivity contribution in [3.8, 4) is 0 Å². The zero-order valence-corrected chi connectivity index (χ0v) is 9.72. The molecular formula is C11H19N3O2. The Hall–Kier alpha value is -0.940. The molecule has 0 spiro atoms. The average Bonchev–Trinajstić information content (AvgIpc) is 2.89. The minimum atomic E-state index is 0.292. The van der Waals surface area contributed by atoms with Gasteiger partial charge in [0.15, 0.2) is 5.82 Å². The van der Waals surface area contributed by atoms with Gasteiger partial charge in [0.25, 0.3) is 0 Å². The lowest BCUT2D eigenvalue weighted by Gasteiger charge is -2.12. The van der Waals surface area contributed by atoms with Gasteiger partial charge in [0.05, 0.1) is 6.54 Å². The van der Waals surface area contributed by atoms with Crippen molar-refractivity contribution in [2.75, 3.05) is 19.7 Å². The molecule has 1 aromatic heterocycles. The summed E-state index contributed by atoms with van der Waals surface area (Å²) >= 11 is 0. The van der Waals surface area contributed by atoms with Gasteiger partial charge >= 0.3 is 0 Å². The van der Waals surface area contributed by atoms with Gasteiger partial charge in [-0.05, 0) is 25.3 Å². The maximum Gasteiger partial charge on any atom is 0.226 e. The maximum atomic E-state index is 8.88. The van der Waals surface area contributed by atoms with E-state index in [2.05, 4.69) is 15.0 Å². The Morgan fingerprint density at radius 2 is 2.44 bits per heavy atom. The number of nitrogens with zero attached hydrogens (tertiary/aromatic N) is 3. The zero-order valence-electron chi connectivity index (χ0n) is 9.72. The van der Waals surface area contributed by atoms with Gasteiger partial charge in [-0.25, -0.2) is 0 Å². The van der Waals surface area contributed by atoms with Crippen LogP contribution in [0.25, 0.3) is 0 Å². The molecule has 1 aliphatic rings. The summed E-state index contributed by atoms with van der Waals surface area (Å²) in [6.45, 7) is 5.17. The Bertz CT molecular complexity index is 327. The van der Waals surface area contributed by atoms with Crippen molar-refractivity contribution in [3.05, 3.63) is 11.7 Å². The van der Waals surface area contributed by atoms with E-state index in [4.69, 9.17) is 9.63 Å². The number of aryl methyl sites for hydroxylation is 1. The monoisotopic (exact) mass is 225 g/mol. The molecule has 16 heavy (non-hydrogen) atoms. The molecule has 0 radical (unpaired) electrons. The number of hydrogen-bond donors (Lipinski definition) is 1. The fourth-order valence-corrected chi connectivity index (χ4v) is 2.17. The molecule has 5 heteroatoms. The Morgan fingerprint density at radius 3 is 3.12 bits per heavy atom. The van der Waals surface area contributed by atoms with Crippen molar-refractivity contribution in [1.29, 1.82) is 0 Å². The molecule has 5 nitrogen and oxygen atoms in total. The van der Waals surface area contributed by atoms with E-state index in [9.17, 15) is 0 Å². The molecule has 2 rings (SSSR count). The van der Waals surface area contributed by atoms with E-state index in [-0.39, 0.29) is 0 Å². The van der Waals surface area contributed by atoms with Crippen LogP contribution in [0.4, 0.5) is 0 Å². The minimum absolute atomic E-state index is 0.292. The Balaban J connectivity index is 1.82. The van der Waals surface area contributed by atoms with Gasteiger partial charge in [-0.15, -0.1) is 0 Å². The normalized spacial score (nSPS) is 21.8. The summed E-state index contributed by atoms with van der Waals surface area (Å²) in [5.74, 6) is 2.12. The van der Waals surface area contributed by atoms with E-state index in [1.165, 1.54) is 6.42 Å². The van der Waals surface area contributed by atoms with Crippen LogP contribution < -0.4 is 0 Å². The zero-order chi connectivity index (χ0) is 11.4. The van der Waals surface area contributed by atoms with Crippen LogP contribution in [0.1, 0.15) is 31.5 Å². The molecule has 0 saturated carbocycles. The lowest BCUT2D eigenvalue weighted by molar-refractivity contribution is 0.247. The molecular weight excluding hydrogens is 206 g/mol. The van der Waals surface area contributed by atoms with Crippen LogP contribution in [0, 0.1) is 5.92 Å². The largest absolute Gasteiger partial charge is 0.396 e. The first-order valence-electron chi connectivity index (χ1n) is 5.96. The van der Waals surface area contributed by atoms with Crippen molar-refractivity contribution in [2.45, 2.75) is 32.7 Å². The van der Waals surface area contributed by atoms with Gasteiger partial charge in [0.1, 0.15) is 0 Å². The number of aliphatic hydroxyl groups excluding tert-OH is 1. The van der Waals surface area contributed by atoms with Crippen LogP contribution in [0.2, 0.25) is 0 Å². The molecule has 1 aromatic rings. The molecule has 1 saturated heterocycles. The maximum absolute atomic E-state index is 8.88. The summed E-state index contributed by atoms with van der Waals surface area (Å²) in [6.07, 6.45) is 2.86. The van der Waals surface area contributed by atoms with E-state index in [1.54, 1.807) is 0 Å².